The van der Waals surface area contributed by atoms with E-state index in [-0.39, 0.29) is 17.1 Å². The van der Waals surface area contributed by atoms with Gasteiger partial charge < -0.3 is 19.7 Å². The van der Waals surface area contributed by atoms with Crippen molar-refractivity contribution in [3.05, 3.63) is 46.3 Å². The molecule has 1 aromatic carbocycles. The van der Waals surface area contributed by atoms with E-state index in [1.165, 1.54) is 0 Å². The highest BCUT2D eigenvalue weighted by Crippen LogP contribution is 2.48. The van der Waals surface area contributed by atoms with Gasteiger partial charge in [0.1, 0.15) is 0 Å². The lowest BCUT2D eigenvalue weighted by molar-refractivity contribution is -0.128. The zero-order valence-electron chi connectivity index (χ0n) is 21.3. The van der Waals surface area contributed by atoms with Crippen LogP contribution in [0.15, 0.2) is 40.7 Å². The van der Waals surface area contributed by atoms with Crippen molar-refractivity contribution >= 4 is 11.7 Å². The Balaban J connectivity index is 1.82. The number of Topliss-reactive ketones (excluding diaryl/α,β-unsaturated/α-hetero) is 1. The molecule has 1 aliphatic carbocycles. The highest BCUT2D eigenvalue weighted by Gasteiger charge is 2.43. The number of hydrogen-bond acceptors (Lipinski definition) is 5. The third-order valence-electron chi connectivity index (χ3n) is 7.10. The van der Waals surface area contributed by atoms with E-state index in [1.54, 1.807) is 7.11 Å². The summed E-state index contributed by atoms with van der Waals surface area (Å²) in [5, 5.41) is 3.48. The van der Waals surface area contributed by atoms with Crippen LogP contribution in [0.5, 0.6) is 11.5 Å². The van der Waals surface area contributed by atoms with Crippen LogP contribution in [0.4, 0.5) is 0 Å². The molecule has 0 aromatic heterocycles. The summed E-state index contributed by atoms with van der Waals surface area (Å²) in [5.74, 6) is 1.03. The van der Waals surface area contributed by atoms with Crippen molar-refractivity contribution in [2.75, 3.05) is 26.8 Å². The molecule has 1 amide bonds. The van der Waals surface area contributed by atoms with Gasteiger partial charge >= 0.3 is 0 Å². The van der Waals surface area contributed by atoms with Crippen LogP contribution >= 0.6 is 0 Å². The average Bonchev–Trinajstić information content (AvgIpc) is 2.81. The van der Waals surface area contributed by atoms with Crippen LogP contribution in [0, 0.1) is 5.41 Å². The number of allylic oxidation sites excluding steroid dienone is 3. The molecule has 1 aromatic rings. The molecule has 1 saturated heterocycles. The maximum Gasteiger partial charge on any atom is 0.252 e. The predicted molar refractivity (Wildman–Crippen MR) is 133 cm³/mol. The van der Waals surface area contributed by atoms with Crippen LogP contribution in [0.3, 0.4) is 0 Å². The SMILES string of the molecule is CCCOc1ccc([C@H]2C(C(=O)N3CCCCC3)=C(C)NC3=C2C(=O)CC(C)(C)C3)cc1OC. The Morgan fingerprint density at radius 3 is 2.56 bits per heavy atom. The second-order valence-corrected chi connectivity index (χ2v) is 10.5. The highest BCUT2D eigenvalue weighted by atomic mass is 16.5. The summed E-state index contributed by atoms with van der Waals surface area (Å²) >= 11 is 0. The van der Waals surface area contributed by atoms with Gasteiger partial charge in [-0.1, -0.05) is 26.8 Å². The van der Waals surface area contributed by atoms with Gasteiger partial charge in [-0.05, 0) is 62.1 Å². The number of ketones is 1. The van der Waals surface area contributed by atoms with Crippen molar-refractivity contribution < 1.29 is 19.1 Å². The average molecular weight is 467 g/mol. The van der Waals surface area contributed by atoms with Gasteiger partial charge in [-0.2, -0.15) is 0 Å². The van der Waals surface area contributed by atoms with Gasteiger partial charge in [0.15, 0.2) is 17.3 Å². The topological polar surface area (TPSA) is 67.9 Å². The van der Waals surface area contributed by atoms with E-state index < -0.39 is 5.92 Å². The van der Waals surface area contributed by atoms with Crippen molar-refractivity contribution in [1.82, 2.24) is 10.2 Å². The number of nitrogens with one attached hydrogen (secondary N) is 1. The lowest BCUT2D eigenvalue weighted by atomic mass is 9.68. The molecule has 1 fully saturated rings. The number of carbonyl (C=O) groups is 2. The van der Waals surface area contributed by atoms with Crippen molar-refractivity contribution in [1.29, 1.82) is 0 Å². The van der Waals surface area contributed by atoms with Gasteiger partial charge in [0, 0.05) is 48.0 Å². The number of piperidine rings is 1. The standard InChI is InChI=1S/C28H38N2O4/c1-6-14-34-22-11-10-19(15-23(22)33-5)25-24(27(32)30-12-8-7-9-13-30)18(2)29-20-16-28(3,4)17-21(31)26(20)25/h10-11,15,25,29H,6-9,12-14,16-17H2,1-5H3/t25-/m0/s1. The summed E-state index contributed by atoms with van der Waals surface area (Å²) in [5.41, 5.74) is 3.98. The molecule has 184 valence electrons. The third-order valence-corrected chi connectivity index (χ3v) is 7.10. The Bertz CT molecular complexity index is 1030. The summed E-state index contributed by atoms with van der Waals surface area (Å²) in [6.45, 7) is 10.4. The molecule has 2 aliphatic heterocycles. The van der Waals surface area contributed by atoms with E-state index >= 15 is 0 Å². The van der Waals surface area contributed by atoms with E-state index in [1.807, 2.05) is 30.0 Å². The Hall–Kier alpha value is -2.76. The van der Waals surface area contributed by atoms with Gasteiger partial charge in [-0.3, -0.25) is 9.59 Å². The first-order valence-electron chi connectivity index (χ1n) is 12.6. The highest BCUT2D eigenvalue weighted by molar-refractivity contribution is 6.05. The van der Waals surface area contributed by atoms with Crippen molar-refractivity contribution in [2.24, 2.45) is 5.41 Å². The molecule has 0 bridgehead atoms. The van der Waals surface area contributed by atoms with Crippen molar-refractivity contribution in [3.63, 3.8) is 0 Å². The van der Waals surface area contributed by atoms with Crippen LogP contribution in [0.1, 0.15) is 77.7 Å². The second kappa shape index (κ2) is 9.85. The smallest absolute Gasteiger partial charge is 0.252 e. The molecule has 0 unspecified atom stereocenters. The van der Waals surface area contributed by atoms with Gasteiger partial charge in [0.25, 0.3) is 5.91 Å². The largest absolute Gasteiger partial charge is 0.493 e. The number of likely N-dealkylation sites (tertiary alicyclic amines) is 1. The number of nitrogens with zero attached hydrogens (tertiary/aromatic N) is 1. The minimum atomic E-state index is -0.414. The van der Waals surface area contributed by atoms with Crippen LogP contribution in [-0.2, 0) is 9.59 Å². The lowest BCUT2D eigenvalue weighted by Crippen LogP contribution is -2.43. The Kier molecular flexibility index (Phi) is 7.06. The third kappa shape index (κ3) is 4.73. The number of amides is 1. The summed E-state index contributed by atoms with van der Waals surface area (Å²) in [6.07, 6.45) is 5.35. The number of dihydropyridines is 1. The molecular weight excluding hydrogens is 428 g/mol. The molecule has 0 radical (unpaired) electrons. The Labute approximate surface area is 203 Å². The predicted octanol–water partition coefficient (Wildman–Crippen LogP) is 5.10. The number of carbonyl (C=O) groups excluding carboxylic acids is 2. The van der Waals surface area contributed by atoms with E-state index in [4.69, 9.17) is 9.47 Å². The molecule has 0 spiro atoms. The molecule has 2 heterocycles. The fourth-order valence-corrected chi connectivity index (χ4v) is 5.52. The first-order chi connectivity index (χ1) is 16.3. The summed E-state index contributed by atoms with van der Waals surface area (Å²) in [6, 6.07) is 5.83. The maximum absolute atomic E-state index is 13.9. The normalized spacial score (nSPS) is 22.3. The van der Waals surface area contributed by atoms with Crippen LogP contribution < -0.4 is 14.8 Å². The number of benzene rings is 1. The molecule has 34 heavy (non-hydrogen) atoms. The Morgan fingerprint density at radius 2 is 1.88 bits per heavy atom. The van der Waals surface area contributed by atoms with E-state index in [0.29, 0.717) is 30.1 Å². The molecule has 6 nitrogen and oxygen atoms in total. The number of methoxy groups -OCH3 is 1. The van der Waals surface area contributed by atoms with E-state index in [2.05, 4.69) is 26.1 Å². The van der Waals surface area contributed by atoms with Crippen LogP contribution in [-0.4, -0.2) is 43.4 Å². The van der Waals surface area contributed by atoms with Crippen LogP contribution in [0.25, 0.3) is 0 Å². The number of rotatable bonds is 6. The van der Waals surface area contributed by atoms with Gasteiger partial charge in [-0.25, -0.2) is 0 Å². The molecule has 6 heteroatoms. The first-order valence-corrected chi connectivity index (χ1v) is 12.6. The van der Waals surface area contributed by atoms with Crippen molar-refractivity contribution in [2.45, 2.75) is 72.1 Å². The minimum absolute atomic E-state index is 0.0316. The zero-order valence-corrected chi connectivity index (χ0v) is 21.3. The number of hydrogen-bond donors (Lipinski definition) is 1. The van der Waals surface area contributed by atoms with Crippen LogP contribution in [0.2, 0.25) is 0 Å². The summed E-state index contributed by atoms with van der Waals surface area (Å²) in [4.78, 5) is 29.4. The number of ether oxygens (including phenoxy) is 2. The quantitative estimate of drug-likeness (QED) is 0.632. The molecule has 4 rings (SSSR count). The summed E-state index contributed by atoms with van der Waals surface area (Å²) in [7, 11) is 1.63. The van der Waals surface area contributed by atoms with Crippen molar-refractivity contribution in [3.8, 4) is 11.5 Å². The maximum atomic E-state index is 13.9. The van der Waals surface area contributed by atoms with Gasteiger partial charge in [0.05, 0.1) is 13.7 Å². The zero-order chi connectivity index (χ0) is 24.5. The van der Waals surface area contributed by atoms with Gasteiger partial charge in [0.2, 0.25) is 0 Å². The molecular formula is C28H38N2O4. The molecule has 1 N–H and O–H groups in total. The Morgan fingerprint density at radius 1 is 1.15 bits per heavy atom. The molecule has 3 aliphatic rings. The minimum Gasteiger partial charge on any atom is -0.493 e. The summed E-state index contributed by atoms with van der Waals surface area (Å²) < 4.78 is 11.5. The first kappa shape index (κ1) is 24.4. The monoisotopic (exact) mass is 466 g/mol. The fraction of sp³-hybridized carbons (Fsp3) is 0.571. The lowest BCUT2D eigenvalue weighted by Gasteiger charge is -2.41. The molecule has 0 saturated carbocycles. The van der Waals surface area contributed by atoms with Gasteiger partial charge in [-0.15, -0.1) is 0 Å². The van der Waals surface area contributed by atoms with E-state index in [0.717, 1.165) is 67.7 Å². The second-order valence-electron chi connectivity index (χ2n) is 10.5. The fourth-order valence-electron chi connectivity index (χ4n) is 5.52. The molecule has 1 atom stereocenters. The van der Waals surface area contributed by atoms with E-state index in [9.17, 15) is 9.59 Å².